The van der Waals surface area contributed by atoms with Crippen LogP contribution in [0.5, 0.6) is 0 Å². The van der Waals surface area contributed by atoms with Gasteiger partial charge in [-0.2, -0.15) is 0 Å². The van der Waals surface area contributed by atoms with Gasteiger partial charge in [0, 0.05) is 25.6 Å². The Morgan fingerprint density at radius 2 is 1.87 bits per heavy atom. The predicted octanol–water partition coefficient (Wildman–Crippen LogP) is 7.85. The minimum absolute atomic E-state index is 0.00248. The highest BCUT2D eigenvalue weighted by molar-refractivity contribution is 6.74. The number of hydrogen-bond acceptors (Lipinski definition) is 5. The van der Waals surface area contributed by atoms with Crippen LogP contribution < -0.4 is 0 Å². The third-order valence-electron chi connectivity index (χ3n) is 9.02. The van der Waals surface area contributed by atoms with Gasteiger partial charge >= 0.3 is 5.97 Å². The molecule has 0 aromatic rings. The number of rotatable bonds is 17. The molecule has 1 saturated carbocycles. The normalized spacial score (nSPS) is 27.7. The highest BCUT2D eigenvalue weighted by Gasteiger charge is 2.44. The van der Waals surface area contributed by atoms with Crippen LogP contribution in [0.15, 0.2) is 12.2 Å². The second-order valence-electron chi connectivity index (χ2n) is 13.2. The van der Waals surface area contributed by atoms with Crippen LogP contribution >= 0.6 is 0 Å². The Kier molecular flexibility index (Phi) is 14.5. The Morgan fingerprint density at radius 1 is 1.11 bits per heavy atom. The Labute approximate surface area is 234 Å². The molecular weight excluding hydrogens is 496 g/mol. The van der Waals surface area contributed by atoms with Crippen LogP contribution in [0.1, 0.15) is 118 Å². The molecule has 6 atom stereocenters. The number of aliphatic hydroxyl groups is 1. The first kappa shape index (κ1) is 33.5. The van der Waals surface area contributed by atoms with Gasteiger partial charge in [-0.1, -0.05) is 59.1 Å². The van der Waals surface area contributed by atoms with Crippen molar-refractivity contribution in [2.24, 2.45) is 11.8 Å². The molecule has 1 saturated heterocycles. The van der Waals surface area contributed by atoms with E-state index >= 15 is 0 Å². The largest absolute Gasteiger partial charge is 0.481 e. The summed E-state index contributed by atoms with van der Waals surface area (Å²) in [6, 6.07) is 0. The van der Waals surface area contributed by atoms with Crippen molar-refractivity contribution in [2.75, 3.05) is 6.61 Å². The van der Waals surface area contributed by atoms with Gasteiger partial charge in [0.1, 0.15) is 0 Å². The van der Waals surface area contributed by atoms with Crippen LogP contribution in [-0.2, 0) is 18.7 Å². The third-order valence-corrected chi connectivity index (χ3v) is 13.6. The summed E-state index contributed by atoms with van der Waals surface area (Å²) in [5.41, 5.74) is 0. The van der Waals surface area contributed by atoms with Gasteiger partial charge in [-0.3, -0.25) is 4.79 Å². The van der Waals surface area contributed by atoms with E-state index in [2.05, 4.69) is 52.9 Å². The number of allylic oxidation sites excluding steroid dienone is 2. The highest BCUT2D eigenvalue weighted by atomic mass is 28.4. The molecule has 38 heavy (non-hydrogen) atoms. The van der Waals surface area contributed by atoms with Crippen molar-refractivity contribution in [3.8, 4) is 0 Å². The van der Waals surface area contributed by atoms with E-state index in [1.54, 1.807) is 0 Å². The van der Waals surface area contributed by atoms with Crippen LogP contribution in [0, 0.1) is 11.8 Å². The topological polar surface area (TPSA) is 85.2 Å². The van der Waals surface area contributed by atoms with Crippen LogP contribution in [0.3, 0.4) is 0 Å². The lowest BCUT2D eigenvalue weighted by atomic mass is 9.85. The van der Waals surface area contributed by atoms with Gasteiger partial charge in [0.05, 0.1) is 12.2 Å². The molecule has 6 nitrogen and oxygen atoms in total. The Morgan fingerprint density at radius 3 is 2.50 bits per heavy atom. The Bertz CT molecular complexity index is 697. The summed E-state index contributed by atoms with van der Waals surface area (Å²) < 4.78 is 19.4. The minimum atomic E-state index is -1.88. The van der Waals surface area contributed by atoms with E-state index in [0.29, 0.717) is 12.8 Å². The number of hydrogen-bond donors (Lipinski definition) is 2. The zero-order valence-corrected chi connectivity index (χ0v) is 26.3. The van der Waals surface area contributed by atoms with E-state index in [1.165, 1.54) is 19.3 Å². The average molecular weight is 555 g/mol. The quantitative estimate of drug-likeness (QED) is 0.108. The fraction of sp³-hybridized carbons (Fsp3) is 0.903. The van der Waals surface area contributed by atoms with Gasteiger partial charge < -0.3 is 24.1 Å². The molecule has 0 radical (unpaired) electrons. The molecule has 7 heteroatoms. The SMILES string of the molecule is CCCCC[C@@H](CC[C@H]1C(OC2CCCCO2)C[C@H](O)[C@@H]1CC=CCCCC(=O)O)O[Si](C)(C)C(C)(C)C. The van der Waals surface area contributed by atoms with Gasteiger partial charge in [-0.25, -0.2) is 0 Å². The molecule has 2 N–H and O–H groups in total. The number of aliphatic hydroxyl groups excluding tert-OH is 1. The summed E-state index contributed by atoms with van der Waals surface area (Å²) in [4.78, 5) is 10.8. The van der Waals surface area contributed by atoms with Gasteiger partial charge in [0.2, 0.25) is 0 Å². The van der Waals surface area contributed by atoms with Crippen molar-refractivity contribution >= 4 is 14.3 Å². The second-order valence-corrected chi connectivity index (χ2v) is 17.9. The maximum atomic E-state index is 11.1. The molecule has 0 spiro atoms. The molecular formula is C31H58O6Si. The van der Waals surface area contributed by atoms with Crippen molar-refractivity contribution in [2.45, 2.75) is 160 Å². The summed E-state index contributed by atoms with van der Waals surface area (Å²) in [7, 11) is -1.88. The summed E-state index contributed by atoms with van der Waals surface area (Å²) in [5, 5.41) is 20.2. The monoisotopic (exact) mass is 554 g/mol. The van der Waals surface area contributed by atoms with Crippen molar-refractivity contribution in [3.05, 3.63) is 12.2 Å². The van der Waals surface area contributed by atoms with Crippen LogP contribution in [0.2, 0.25) is 18.1 Å². The van der Waals surface area contributed by atoms with E-state index in [1.807, 2.05) is 0 Å². The van der Waals surface area contributed by atoms with Crippen molar-refractivity contribution in [1.82, 2.24) is 0 Å². The zero-order valence-electron chi connectivity index (χ0n) is 25.3. The maximum Gasteiger partial charge on any atom is 0.303 e. The van der Waals surface area contributed by atoms with Crippen LogP contribution in [0.25, 0.3) is 0 Å². The number of aliphatic carboxylic acids is 1. The molecule has 2 unspecified atom stereocenters. The Hall–Kier alpha value is -0.733. The molecule has 1 aliphatic carbocycles. The molecule has 0 aromatic carbocycles. The molecule has 0 bridgehead atoms. The Balaban J connectivity index is 2.10. The molecule has 0 aromatic heterocycles. The smallest absolute Gasteiger partial charge is 0.303 e. The van der Waals surface area contributed by atoms with Crippen molar-refractivity contribution < 1.29 is 28.9 Å². The van der Waals surface area contributed by atoms with Crippen molar-refractivity contribution in [3.63, 3.8) is 0 Å². The number of carbonyl (C=O) groups is 1. The lowest BCUT2D eigenvalue weighted by Gasteiger charge is -2.40. The average Bonchev–Trinajstić information content (AvgIpc) is 3.12. The first-order valence-corrected chi connectivity index (χ1v) is 18.3. The summed E-state index contributed by atoms with van der Waals surface area (Å²) in [6.45, 7) is 14.6. The van der Waals surface area contributed by atoms with E-state index < -0.39 is 20.4 Å². The summed E-state index contributed by atoms with van der Waals surface area (Å²) in [5.74, 6) is -0.345. The van der Waals surface area contributed by atoms with Crippen LogP contribution in [0.4, 0.5) is 0 Å². The fourth-order valence-electron chi connectivity index (χ4n) is 5.65. The summed E-state index contributed by atoms with van der Waals surface area (Å²) >= 11 is 0. The molecule has 2 aliphatic rings. The van der Waals surface area contributed by atoms with Gasteiger partial charge in [0.15, 0.2) is 14.6 Å². The van der Waals surface area contributed by atoms with Crippen molar-refractivity contribution in [1.29, 1.82) is 0 Å². The van der Waals surface area contributed by atoms with E-state index in [0.717, 1.165) is 58.0 Å². The molecule has 222 valence electrons. The molecule has 1 aliphatic heterocycles. The second kappa shape index (κ2) is 16.5. The number of unbranched alkanes of at least 4 members (excludes halogenated alkanes) is 3. The van der Waals surface area contributed by atoms with Gasteiger partial charge in [0.25, 0.3) is 0 Å². The highest BCUT2D eigenvalue weighted by Crippen LogP contribution is 2.43. The zero-order chi connectivity index (χ0) is 28.2. The lowest BCUT2D eigenvalue weighted by Crippen LogP contribution is -2.44. The van der Waals surface area contributed by atoms with E-state index in [9.17, 15) is 9.90 Å². The number of ether oxygens (including phenoxy) is 2. The fourth-order valence-corrected chi connectivity index (χ4v) is 7.07. The van der Waals surface area contributed by atoms with Gasteiger partial charge in [-0.15, -0.1) is 0 Å². The number of carboxylic acid groups (broad SMARTS) is 1. The standard InChI is InChI=1S/C31H58O6Si/c1-7-8-11-16-24(37-38(5,6)31(2,3)4)20-21-26-25(17-12-9-10-13-18-29(33)34)27(32)23-28(26)36-30-19-14-15-22-35-30/h9,12,24-28,30,32H,7-8,10-11,13-23H2,1-6H3,(H,33,34)/t24-,25+,26+,27-,28?,30?/m0/s1. The molecule has 2 rings (SSSR count). The predicted molar refractivity (Wildman–Crippen MR) is 157 cm³/mol. The van der Waals surface area contributed by atoms with Crippen LogP contribution in [-0.4, -0.2) is 55.7 Å². The third kappa shape index (κ3) is 11.4. The first-order valence-electron chi connectivity index (χ1n) is 15.4. The minimum Gasteiger partial charge on any atom is -0.481 e. The molecule has 1 heterocycles. The lowest BCUT2D eigenvalue weighted by molar-refractivity contribution is -0.196. The molecule has 2 fully saturated rings. The summed E-state index contributed by atoms with van der Waals surface area (Å²) in [6.07, 6.45) is 16.9. The van der Waals surface area contributed by atoms with E-state index in [4.69, 9.17) is 19.0 Å². The maximum absolute atomic E-state index is 11.1. The number of carboxylic acids is 1. The van der Waals surface area contributed by atoms with E-state index in [-0.39, 0.29) is 41.8 Å². The van der Waals surface area contributed by atoms with Gasteiger partial charge in [-0.05, 0) is 87.8 Å². The first-order chi connectivity index (χ1) is 17.9. The molecule has 0 amide bonds.